The summed E-state index contributed by atoms with van der Waals surface area (Å²) in [5, 5.41) is 0. The van der Waals surface area contributed by atoms with Gasteiger partial charge in [0.25, 0.3) is 0 Å². The van der Waals surface area contributed by atoms with Gasteiger partial charge in [-0.3, -0.25) is 0 Å². The van der Waals surface area contributed by atoms with E-state index in [1.165, 1.54) is 19.2 Å². The lowest BCUT2D eigenvalue weighted by Crippen LogP contribution is -2.18. The second kappa shape index (κ2) is 9.39. The van der Waals surface area contributed by atoms with E-state index in [4.69, 9.17) is 9.47 Å². The van der Waals surface area contributed by atoms with E-state index in [2.05, 4.69) is 4.18 Å². The number of rotatable bonds is 5. The molecule has 1 unspecified atom stereocenters. The molecule has 1 heterocycles. The highest BCUT2D eigenvalue weighted by atomic mass is 32.2. The molecule has 5 nitrogen and oxygen atoms in total. The van der Waals surface area contributed by atoms with Crippen LogP contribution in [-0.4, -0.2) is 22.1 Å². The van der Waals surface area contributed by atoms with Gasteiger partial charge in [-0.05, 0) is 24.6 Å². The van der Waals surface area contributed by atoms with Crippen LogP contribution >= 0.6 is 0 Å². The van der Waals surface area contributed by atoms with E-state index in [-0.39, 0.29) is 24.5 Å². The first-order chi connectivity index (χ1) is 17.3. The first-order valence-corrected chi connectivity index (χ1v) is 11.6. The first-order valence-electron chi connectivity index (χ1n) is 10.2. The third kappa shape index (κ3) is 4.77. The van der Waals surface area contributed by atoms with Gasteiger partial charge in [0.2, 0.25) is 34.8 Å². The van der Waals surface area contributed by atoms with Crippen LogP contribution in [0.25, 0.3) is 0 Å². The van der Waals surface area contributed by atoms with Crippen molar-refractivity contribution in [2.24, 2.45) is 0 Å². The number of methoxy groups -OCH3 is 1. The van der Waals surface area contributed by atoms with E-state index in [0.717, 1.165) is 24.3 Å². The molecule has 0 aliphatic carbocycles. The van der Waals surface area contributed by atoms with E-state index in [0.29, 0.717) is 11.1 Å². The molecule has 0 aromatic heterocycles. The molecule has 0 amide bonds. The molecule has 3 aromatic rings. The summed E-state index contributed by atoms with van der Waals surface area (Å²) in [4.78, 5) is -0.741. The van der Waals surface area contributed by atoms with Gasteiger partial charge in [-0.25, -0.2) is 13.2 Å². The standard InChI is InChI=1S/C23H14F8O5S/c1-34-15-8-10(23(29,30)31)2-4-13(15)12-6-7-35-16-9-11(3-5-14(12)16)37(32,33)36-22-20(27)18(25)17(24)19(26)21(22)28/h2-5,8-9,12H,6-7H2,1H3. The molecule has 0 N–H and O–H groups in total. The van der Waals surface area contributed by atoms with Crippen molar-refractivity contribution >= 4 is 10.1 Å². The van der Waals surface area contributed by atoms with Gasteiger partial charge >= 0.3 is 16.3 Å². The van der Waals surface area contributed by atoms with Gasteiger partial charge in [-0.1, -0.05) is 12.1 Å². The zero-order valence-electron chi connectivity index (χ0n) is 18.4. The number of hydrogen-bond acceptors (Lipinski definition) is 5. The Bertz CT molecular complexity index is 1460. The fraction of sp³-hybridized carbons (Fsp3) is 0.217. The van der Waals surface area contributed by atoms with Crippen molar-refractivity contribution in [3.8, 4) is 17.2 Å². The number of ether oxygens (including phenoxy) is 2. The number of fused-ring (bicyclic) bond motifs is 1. The maximum atomic E-state index is 13.9. The van der Waals surface area contributed by atoms with Gasteiger partial charge in [0.1, 0.15) is 16.4 Å². The minimum absolute atomic E-state index is 0.00381. The molecular formula is C23H14F8O5S. The van der Waals surface area contributed by atoms with Crippen LogP contribution in [0.15, 0.2) is 41.3 Å². The van der Waals surface area contributed by atoms with Crippen LogP contribution in [-0.2, 0) is 16.3 Å². The zero-order valence-corrected chi connectivity index (χ0v) is 19.2. The summed E-state index contributed by atoms with van der Waals surface area (Å²) in [5.74, 6) is -15.0. The molecule has 0 saturated carbocycles. The van der Waals surface area contributed by atoms with Gasteiger partial charge in [0.15, 0.2) is 0 Å². The lowest BCUT2D eigenvalue weighted by molar-refractivity contribution is -0.137. The Hall–Kier alpha value is -3.55. The van der Waals surface area contributed by atoms with E-state index in [9.17, 15) is 43.5 Å². The van der Waals surface area contributed by atoms with Gasteiger partial charge in [0, 0.05) is 23.1 Å². The number of benzene rings is 3. The second-order valence-electron chi connectivity index (χ2n) is 7.78. The van der Waals surface area contributed by atoms with Crippen LogP contribution in [0.3, 0.4) is 0 Å². The average molecular weight is 554 g/mol. The molecule has 0 fully saturated rings. The number of halogens is 8. The third-order valence-corrected chi connectivity index (χ3v) is 6.83. The highest BCUT2D eigenvalue weighted by Crippen LogP contribution is 2.44. The van der Waals surface area contributed by atoms with Crippen molar-refractivity contribution in [1.29, 1.82) is 0 Å². The second-order valence-corrected chi connectivity index (χ2v) is 9.33. The van der Waals surface area contributed by atoms with Gasteiger partial charge in [0.05, 0.1) is 19.3 Å². The Labute approximate surface area is 204 Å². The SMILES string of the molecule is COc1cc(C(F)(F)F)ccc1C1CCOc2cc(S(=O)(=O)Oc3c(F)c(F)c(F)c(F)c3F)ccc21. The van der Waals surface area contributed by atoms with E-state index in [1.807, 2.05) is 0 Å². The summed E-state index contributed by atoms with van der Waals surface area (Å²) in [7, 11) is -3.93. The molecule has 1 aliphatic heterocycles. The topological polar surface area (TPSA) is 61.8 Å². The van der Waals surface area contributed by atoms with Gasteiger partial charge < -0.3 is 13.7 Å². The smallest absolute Gasteiger partial charge is 0.416 e. The lowest BCUT2D eigenvalue weighted by Gasteiger charge is -2.28. The molecule has 4 rings (SSSR count). The van der Waals surface area contributed by atoms with E-state index < -0.39 is 67.5 Å². The Morgan fingerprint density at radius 1 is 0.865 bits per heavy atom. The van der Waals surface area contributed by atoms with Crippen molar-refractivity contribution < 1.29 is 57.2 Å². The number of alkyl halides is 3. The first kappa shape index (κ1) is 26.5. The molecule has 1 atom stereocenters. The Morgan fingerprint density at radius 2 is 1.46 bits per heavy atom. The summed E-state index contributed by atoms with van der Waals surface area (Å²) in [6.07, 6.45) is -4.33. The third-order valence-electron chi connectivity index (χ3n) is 5.61. The highest BCUT2D eigenvalue weighted by Gasteiger charge is 2.35. The normalized spacial score (nSPS) is 15.6. The van der Waals surface area contributed by atoms with Crippen LogP contribution < -0.4 is 13.7 Å². The zero-order chi connectivity index (χ0) is 27.3. The van der Waals surface area contributed by atoms with Crippen LogP contribution in [0, 0.1) is 29.1 Å². The molecule has 0 bridgehead atoms. The molecule has 1 aliphatic rings. The van der Waals surface area contributed by atoms with Crippen molar-refractivity contribution in [2.45, 2.75) is 23.4 Å². The maximum absolute atomic E-state index is 13.9. The molecule has 14 heteroatoms. The Kier molecular flexibility index (Phi) is 6.73. The summed E-state index contributed by atoms with van der Waals surface area (Å²) in [6, 6.07) is 5.96. The van der Waals surface area contributed by atoms with Crippen LogP contribution in [0.5, 0.6) is 17.2 Å². The largest absolute Gasteiger partial charge is 0.496 e. The van der Waals surface area contributed by atoms with Crippen molar-refractivity contribution in [1.82, 2.24) is 0 Å². The van der Waals surface area contributed by atoms with Crippen molar-refractivity contribution in [3.05, 3.63) is 82.2 Å². The summed E-state index contributed by atoms with van der Waals surface area (Å²) >= 11 is 0. The maximum Gasteiger partial charge on any atom is 0.416 e. The quantitative estimate of drug-likeness (QED) is 0.165. The molecule has 0 radical (unpaired) electrons. The summed E-state index contributed by atoms with van der Waals surface area (Å²) < 4.78 is 147. The summed E-state index contributed by atoms with van der Waals surface area (Å²) in [5.41, 5.74) is -0.236. The average Bonchev–Trinajstić information content (AvgIpc) is 2.87. The Balaban J connectivity index is 1.72. The molecule has 0 spiro atoms. The van der Waals surface area contributed by atoms with E-state index in [1.54, 1.807) is 0 Å². The van der Waals surface area contributed by atoms with E-state index >= 15 is 0 Å². The number of hydrogen-bond donors (Lipinski definition) is 0. The van der Waals surface area contributed by atoms with Crippen molar-refractivity contribution in [2.75, 3.05) is 13.7 Å². The van der Waals surface area contributed by atoms with Crippen LogP contribution in [0.2, 0.25) is 0 Å². The predicted molar refractivity (Wildman–Crippen MR) is 110 cm³/mol. The molecule has 37 heavy (non-hydrogen) atoms. The fourth-order valence-electron chi connectivity index (χ4n) is 3.84. The summed E-state index contributed by atoms with van der Waals surface area (Å²) in [6.45, 7) is 0.00381. The van der Waals surface area contributed by atoms with Crippen LogP contribution in [0.1, 0.15) is 29.0 Å². The van der Waals surface area contributed by atoms with Crippen LogP contribution in [0.4, 0.5) is 35.1 Å². The van der Waals surface area contributed by atoms with Crippen molar-refractivity contribution in [3.63, 3.8) is 0 Å². The molecule has 3 aromatic carbocycles. The lowest BCUT2D eigenvalue weighted by atomic mass is 9.85. The monoisotopic (exact) mass is 554 g/mol. The Morgan fingerprint density at radius 3 is 2.05 bits per heavy atom. The molecule has 0 saturated heterocycles. The molecular weight excluding hydrogens is 540 g/mol. The highest BCUT2D eigenvalue weighted by molar-refractivity contribution is 7.87. The molecule has 198 valence electrons. The van der Waals surface area contributed by atoms with Gasteiger partial charge in [-0.15, -0.1) is 0 Å². The predicted octanol–water partition coefficient (Wildman–Crippen LogP) is 6.09. The minimum Gasteiger partial charge on any atom is -0.496 e. The minimum atomic E-state index is -5.12. The van der Waals surface area contributed by atoms with Gasteiger partial charge in [-0.2, -0.15) is 30.4 Å². The fourth-order valence-corrected chi connectivity index (χ4v) is 4.79.